The number of rotatable bonds is 2. The molecule has 0 aliphatic rings. The molecular formula is C9H6BrClO. The highest BCUT2D eigenvalue weighted by Gasteiger charge is 1.99. The number of hydrogen-bond acceptors (Lipinski definition) is 1. The van der Waals surface area contributed by atoms with E-state index in [1.54, 1.807) is 12.1 Å². The lowest BCUT2D eigenvalue weighted by molar-refractivity contribution is 0.479. The second-order valence-electron chi connectivity index (χ2n) is 2.01. The summed E-state index contributed by atoms with van der Waals surface area (Å²) in [7, 11) is 0. The van der Waals surface area contributed by atoms with Crippen molar-refractivity contribution in [1.29, 1.82) is 0 Å². The summed E-state index contributed by atoms with van der Waals surface area (Å²) in [4.78, 5) is 0. The minimum absolute atomic E-state index is 0.630. The van der Waals surface area contributed by atoms with E-state index in [9.17, 15) is 0 Å². The SMILES string of the molecule is C=C=COc1cc(Cl)ccc1Br. The summed E-state index contributed by atoms with van der Waals surface area (Å²) in [6, 6.07) is 5.30. The summed E-state index contributed by atoms with van der Waals surface area (Å²) in [5, 5.41) is 0.630. The van der Waals surface area contributed by atoms with Crippen molar-refractivity contribution >= 4 is 27.5 Å². The van der Waals surface area contributed by atoms with Crippen LogP contribution in [0.3, 0.4) is 0 Å². The molecule has 0 spiro atoms. The van der Waals surface area contributed by atoms with Gasteiger partial charge in [-0.1, -0.05) is 23.9 Å². The third-order valence-electron chi connectivity index (χ3n) is 1.16. The Morgan fingerprint density at radius 1 is 1.58 bits per heavy atom. The molecular weight excluding hydrogens is 239 g/mol. The van der Waals surface area contributed by atoms with Gasteiger partial charge in [0.15, 0.2) is 0 Å². The van der Waals surface area contributed by atoms with Crippen molar-refractivity contribution in [2.75, 3.05) is 0 Å². The van der Waals surface area contributed by atoms with Gasteiger partial charge in [-0.15, -0.1) is 0 Å². The first kappa shape index (κ1) is 9.40. The Morgan fingerprint density at radius 3 is 3.00 bits per heavy atom. The molecule has 0 saturated heterocycles. The van der Waals surface area contributed by atoms with Crippen LogP contribution in [0, 0.1) is 0 Å². The van der Waals surface area contributed by atoms with Crippen LogP contribution in [-0.2, 0) is 0 Å². The quantitative estimate of drug-likeness (QED) is 0.569. The van der Waals surface area contributed by atoms with Gasteiger partial charge in [0, 0.05) is 11.1 Å². The Kier molecular flexibility index (Phi) is 3.42. The Balaban J connectivity index is 2.96. The van der Waals surface area contributed by atoms with Gasteiger partial charge in [0.05, 0.1) is 4.47 Å². The predicted octanol–water partition coefficient (Wildman–Crippen LogP) is 3.78. The highest BCUT2D eigenvalue weighted by Crippen LogP contribution is 2.27. The summed E-state index contributed by atoms with van der Waals surface area (Å²) in [6.07, 6.45) is 1.37. The van der Waals surface area contributed by atoms with Gasteiger partial charge in [0.2, 0.25) is 0 Å². The lowest BCUT2D eigenvalue weighted by atomic mass is 10.3. The molecule has 0 radical (unpaired) electrons. The van der Waals surface area contributed by atoms with Crippen LogP contribution in [0.4, 0.5) is 0 Å². The zero-order valence-corrected chi connectivity index (χ0v) is 8.52. The lowest BCUT2D eigenvalue weighted by Gasteiger charge is -2.01. The van der Waals surface area contributed by atoms with E-state index in [0.29, 0.717) is 10.8 Å². The Bertz CT molecular complexity index is 329. The minimum Gasteiger partial charge on any atom is -0.456 e. The molecule has 0 unspecified atom stereocenters. The van der Waals surface area contributed by atoms with E-state index in [4.69, 9.17) is 16.3 Å². The van der Waals surface area contributed by atoms with Gasteiger partial charge in [-0.05, 0) is 28.1 Å². The Morgan fingerprint density at radius 2 is 2.33 bits per heavy atom. The Hall–Kier alpha value is -0.690. The van der Waals surface area contributed by atoms with Gasteiger partial charge in [0.25, 0.3) is 0 Å². The van der Waals surface area contributed by atoms with Crippen LogP contribution in [0.1, 0.15) is 0 Å². The maximum absolute atomic E-state index is 5.74. The van der Waals surface area contributed by atoms with Gasteiger partial charge >= 0.3 is 0 Å². The third kappa shape index (κ3) is 2.42. The maximum Gasteiger partial charge on any atom is 0.143 e. The van der Waals surface area contributed by atoms with Crippen LogP contribution in [-0.4, -0.2) is 0 Å². The molecule has 0 N–H and O–H groups in total. The van der Waals surface area contributed by atoms with Crippen LogP contribution in [0.2, 0.25) is 5.02 Å². The molecule has 0 aliphatic carbocycles. The van der Waals surface area contributed by atoms with E-state index >= 15 is 0 Å². The predicted molar refractivity (Wildman–Crippen MR) is 53.5 cm³/mol. The highest BCUT2D eigenvalue weighted by atomic mass is 79.9. The molecule has 1 aromatic rings. The van der Waals surface area contributed by atoms with Crippen molar-refractivity contribution in [3.63, 3.8) is 0 Å². The molecule has 0 aliphatic heterocycles. The molecule has 1 rings (SSSR count). The molecule has 0 bridgehead atoms. The minimum atomic E-state index is 0.630. The van der Waals surface area contributed by atoms with Crippen LogP contribution in [0.15, 0.2) is 41.2 Å². The first-order valence-corrected chi connectivity index (χ1v) is 4.37. The zero-order valence-electron chi connectivity index (χ0n) is 6.18. The largest absolute Gasteiger partial charge is 0.456 e. The molecule has 0 heterocycles. The van der Waals surface area contributed by atoms with E-state index < -0.39 is 0 Å². The summed E-state index contributed by atoms with van der Waals surface area (Å²) in [6.45, 7) is 3.37. The first-order chi connectivity index (χ1) is 5.74. The normalized spacial score (nSPS) is 8.83. The molecule has 0 saturated carbocycles. The van der Waals surface area contributed by atoms with Crippen LogP contribution in [0.25, 0.3) is 0 Å². The second kappa shape index (κ2) is 4.36. The fourth-order valence-corrected chi connectivity index (χ4v) is 1.17. The summed E-state index contributed by atoms with van der Waals surface area (Å²) in [5.41, 5.74) is 2.50. The molecule has 1 aromatic carbocycles. The number of halogens is 2. The molecule has 62 valence electrons. The van der Waals surface area contributed by atoms with Gasteiger partial charge in [-0.2, -0.15) is 0 Å². The average Bonchev–Trinajstić information content (AvgIpc) is 2.07. The summed E-state index contributed by atoms with van der Waals surface area (Å²) in [5.74, 6) is 0.652. The fourth-order valence-electron chi connectivity index (χ4n) is 0.673. The molecule has 0 aromatic heterocycles. The molecule has 0 fully saturated rings. The lowest BCUT2D eigenvalue weighted by Crippen LogP contribution is -1.81. The molecule has 12 heavy (non-hydrogen) atoms. The van der Waals surface area contributed by atoms with Crippen LogP contribution in [0.5, 0.6) is 5.75 Å². The van der Waals surface area contributed by atoms with E-state index in [1.807, 2.05) is 6.07 Å². The van der Waals surface area contributed by atoms with Crippen molar-refractivity contribution < 1.29 is 4.74 Å². The van der Waals surface area contributed by atoms with Crippen molar-refractivity contribution in [3.8, 4) is 5.75 Å². The Labute approximate surface area is 84.4 Å². The van der Waals surface area contributed by atoms with Crippen molar-refractivity contribution in [1.82, 2.24) is 0 Å². The summed E-state index contributed by atoms with van der Waals surface area (Å²) >= 11 is 9.05. The molecule has 0 amide bonds. The van der Waals surface area contributed by atoms with E-state index in [-0.39, 0.29) is 0 Å². The summed E-state index contributed by atoms with van der Waals surface area (Å²) < 4.78 is 5.98. The second-order valence-corrected chi connectivity index (χ2v) is 3.31. The molecule has 3 heteroatoms. The monoisotopic (exact) mass is 244 g/mol. The van der Waals surface area contributed by atoms with Gasteiger partial charge in [-0.25, -0.2) is 0 Å². The smallest absolute Gasteiger partial charge is 0.143 e. The van der Waals surface area contributed by atoms with Crippen molar-refractivity contribution in [3.05, 3.63) is 46.3 Å². The van der Waals surface area contributed by atoms with Crippen molar-refractivity contribution in [2.24, 2.45) is 0 Å². The topological polar surface area (TPSA) is 9.23 Å². The highest BCUT2D eigenvalue weighted by molar-refractivity contribution is 9.10. The molecule has 1 nitrogen and oxygen atoms in total. The standard InChI is InChI=1S/C9H6BrClO/c1-2-5-12-9-6-7(11)3-4-8(9)10/h3-6H,1H2. The first-order valence-electron chi connectivity index (χ1n) is 3.20. The zero-order chi connectivity index (χ0) is 8.97. The van der Waals surface area contributed by atoms with Crippen LogP contribution >= 0.6 is 27.5 Å². The van der Waals surface area contributed by atoms with E-state index in [2.05, 4.69) is 28.2 Å². The number of hydrogen-bond donors (Lipinski definition) is 0. The fraction of sp³-hybridized carbons (Fsp3) is 0. The van der Waals surface area contributed by atoms with Crippen molar-refractivity contribution in [2.45, 2.75) is 0 Å². The van der Waals surface area contributed by atoms with Gasteiger partial charge in [-0.3, -0.25) is 0 Å². The van der Waals surface area contributed by atoms with E-state index in [0.717, 1.165) is 4.47 Å². The van der Waals surface area contributed by atoms with Gasteiger partial charge < -0.3 is 4.74 Å². The number of ether oxygens (including phenoxy) is 1. The average molecular weight is 246 g/mol. The molecule has 0 atom stereocenters. The van der Waals surface area contributed by atoms with E-state index in [1.165, 1.54) is 6.26 Å². The van der Waals surface area contributed by atoms with Gasteiger partial charge in [0.1, 0.15) is 12.0 Å². The number of benzene rings is 1. The van der Waals surface area contributed by atoms with Crippen LogP contribution < -0.4 is 4.74 Å². The third-order valence-corrected chi connectivity index (χ3v) is 2.05. The maximum atomic E-state index is 5.74.